The number of benzene rings is 1. The van der Waals surface area contributed by atoms with Gasteiger partial charge in [-0.15, -0.1) is 0 Å². The quantitative estimate of drug-likeness (QED) is 0.674. The number of para-hydroxylation sites is 1. The molecule has 21 heavy (non-hydrogen) atoms. The van der Waals surface area contributed by atoms with Crippen LogP contribution < -0.4 is 0 Å². The molecule has 0 aliphatic carbocycles. The van der Waals surface area contributed by atoms with E-state index in [0.29, 0.717) is 5.69 Å². The lowest BCUT2D eigenvalue weighted by Gasteiger charge is -2.08. The first kappa shape index (κ1) is 13.2. The van der Waals surface area contributed by atoms with Gasteiger partial charge in [0.15, 0.2) is 0 Å². The second-order valence-corrected chi connectivity index (χ2v) is 4.75. The highest BCUT2D eigenvalue weighted by Gasteiger charge is 2.09. The maximum Gasteiger partial charge on any atom is 0.356 e. The summed E-state index contributed by atoms with van der Waals surface area (Å²) in [7, 11) is 1.34. The lowest BCUT2D eigenvalue weighted by Crippen LogP contribution is -2.03. The highest BCUT2D eigenvalue weighted by molar-refractivity contribution is 5.95. The number of carbonyl (C=O) groups is 1. The predicted octanol–water partition coefficient (Wildman–Crippen LogP) is 3.39. The van der Waals surface area contributed by atoms with E-state index in [-0.39, 0.29) is 0 Å². The number of nitrogens with zero attached hydrogens (tertiary/aromatic N) is 2. The first-order chi connectivity index (χ1) is 10.2. The maximum atomic E-state index is 11.4. The molecule has 0 N–H and O–H groups in total. The summed E-state index contributed by atoms with van der Waals surface area (Å²) in [6.07, 6.45) is 1.69. The second kappa shape index (κ2) is 5.32. The Hall–Kier alpha value is -2.75. The summed E-state index contributed by atoms with van der Waals surface area (Å²) >= 11 is 0. The third-order valence-electron chi connectivity index (χ3n) is 3.31. The van der Waals surface area contributed by atoms with Gasteiger partial charge in [-0.05, 0) is 30.7 Å². The fraction of sp³-hybridized carbons (Fsp3) is 0.118. The van der Waals surface area contributed by atoms with Crippen LogP contribution in [0.4, 0.5) is 0 Å². The fourth-order valence-corrected chi connectivity index (χ4v) is 2.33. The van der Waals surface area contributed by atoms with Crippen LogP contribution in [0, 0.1) is 6.92 Å². The number of fused-ring (bicyclic) bond motifs is 1. The van der Waals surface area contributed by atoms with Crippen molar-refractivity contribution < 1.29 is 9.53 Å². The number of aryl methyl sites for hydroxylation is 1. The standard InChI is InChI=1S/C17H14N2O2/c1-11-9-14(13-5-3-4-6-15(13)19-11)12-7-8-16(18-10-12)17(20)21-2/h3-10H,1-2H3. The van der Waals surface area contributed by atoms with Crippen LogP contribution in [0.3, 0.4) is 0 Å². The smallest absolute Gasteiger partial charge is 0.356 e. The Morgan fingerprint density at radius 1 is 1.14 bits per heavy atom. The van der Waals surface area contributed by atoms with Crippen LogP contribution in [0.5, 0.6) is 0 Å². The molecule has 2 heterocycles. The second-order valence-electron chi connectivity index (χ2n) is 4.75. The van der Waals surface area contributed by atoms with Crippen LogP contribution in [0.25, 0.3) is 22.0 Å². The van der Waals surface area contributed by atoms with E-state index in [0.717, 1.165) is 27.7 Å². The van der Waals surface area contributed by atoms with Crippen LogP contribution in [-0.2, 0) is 4.74 Å². The number of ether oxygens (including phenoxy) is 1. The molecule has 0 bridgehead atoms. The zero-order valence-electron chi connectivity index (χ0n) is 11.8. The minimum absolute atomic E-state index is 0.302. The Labute approximate surface area is 122 Å². The number of carbonyl (C=O) groups excluding carboxylic acids is 1. The van der Waals surface area contributed by atoms with Gasteiger partial charge in [0.2, 0.25) is 0 Å². The number of esters is 1. The molecule has 0 amide bonds. The first-order valence-corrected chi connectivity index (χ1v) is 6.60. The molecule has 0 aliphatic heterocycles. The van der Waals surface area contributed by atoms with E-state index in [1.54, 1.807) is 12.3 Å². The summed E-state index contributed by atoms with van der Waals surface area (Å²) < 4.78 is 4.66. The van der Waals surface area contributed by atoms with Gasteiger partial charge in [-0.25, -0.2) is 9.78 Å². The lowest BCUT2D eigenvalue weighted by atomic mass is 10.0. The fourth-order valence-electron chi connectivity index (χ4n) is 2.33. The van der Waals surface area contributed by atoms with Gasteiger partial charge in [-0.3, -0.25) is 4.98 Å². The number of aromatic nitrogens is 2. The van der Waals surface area contributed by atoms with Crippen molar-refractivity contribution in [1.82, 2.24) is 9.97 Å². The average Bonchev–Trinajstić information content (AvgIpc) is 2.53. The number of methoxy groups -OCH3 is 1. The normalized spacial score (nSPS) is 10.6. The third kappa shape index (κ3) is 2.48. The molecule has 0 atom stereocenters. The molecular formula is C17H14N2O2. The Balaban J connectivity index is 2.14. The molecule has 0 saturated heterocycles. The van der Waals surface area contributed by atoms with Crippen LogP contribution in [0.2, 0.25) is 0 Å². The van der Waals surface area contributed by atoms with E-state index in [4.69, 9.17) is 0 Å². The molecule has 4 heteroatoms. The molecule has 0 aliphatic rings. The maximum absolute atomic E-state index is 11.4. The minimum Gasteiger partial charge on any atom is -0.464 e. The van der Waals surface area contributed by atoms with E-state index in [1.807, 2.05) is 43.3 Å². The molecular weight excluding hydrogens is 264 g/mol. The van der Waals surface area contributed by atoms with Gasteiger partial charge in [0.1, 0.15) is 5.69 Å². The summed E-state index contributed by atoms with van der Waals surface area (Å²) in [5.41, 5.74) is 4.20. The predicted molar refractivity (Wildman–Crippen MR) is 81.1 cm³/mol. The van der Waals surface area contributed by atoms with Crippen LogP contribution in [0.15, 0.2) is 48.7 Å². The van der Waals surface area contributed by atoms with Crippen molar-refractivity contribution in [2.24, 2.45) is 0 Å². The Bertz CT molecular complexity index is 811. The number of hydrogen-bond donors (Lipinski definition) is 0. The summed E-state index contributed by atoms with van der Waals surface area (Å²) in [6, 6.07) is 13.5. The Morgan fingerprint density at radius 2 is 1.95 bits per heavy atom. The van der Waals surface area contributed by atoms with E-state index in [1.165, 1.54) is 7.11 Å². The Morgan fingerprint density at radius 3 is 2.67 bits per heavy atom. The molecule has 0 unspecified atom stereocenters. The van der Waals surface area contributed by atoms with Crippen molar-refractivity contribution in [2.75, 3.05) is 7.11 Å². The van der Waals surface area contributed by atoms with Crippen molar-refractivity contribution in [3.05, 3.63) is 60.0 Å². The van der Waals surface area contributed by atoms with E-state index in [2.05, 4.69) is 14.7 Å². The molecule has 0 spiro atoms. The zero-order valence-corrected chi connectivity index (χ0v) is 11.8. The van der Waals surface area contributed by atoms with E-state index >= 15 is 0 Å². The van der Waals surface area contributed by atoms with Crippen molar-refractivity contribution in [1.29, 1.82) is 0 Å². The molecule has 0 fully saturated rings. The van der Waals surface area contributed by atoms with Gasteiger partial charge in [0, 0.05) is 22.8 Å². The number of rotatable bonds is 2. The highest BCUT2D eigenvalue weighted by Crippen LogP contribution is 2.28. The summed E-state index contributed by atoms with van der Waals surface area (Å²) in [6.45, 7) is 1.96. The summed E-state index contributed by atoms with van der Waals surface area (Å²) in [5, 5.41) is 1.07. The van der Waals surface area contributed by atoms with Gasteiger partial charge in [0.05, 0.1) is 12.6 Å². The summed E-state index contributed by atoms with van der Waals surface area (Å²) in [4.78, 5) is 20.1. The molecule has 0 radical (unpaired) electrons. The van der Waals surface area contributed by atoms with Crippen LogP contribution in [0.1, 0.15) is 16.2 Å². The topological polar surface area (TPSA) is 52.1 Å². The zero-order chi connectivity index (χ0) is 14.8. The third-order valence-corrected chi connectivity index (χ3v) is 3.31. The van der Waals surface area contributed by atoms with Crippen molar-refractivity contribution in [3.8, 4) is 11.1 Å². The van der Waals surface area contributed by atoms with Gasteiger partial charge in [-0.2, -0.15) is 0 Å². The largest absolute Gasteiger partial charge is 0.464 e. The van der Waals surface area contributed by atoms with Crippen LogP contribution in [-0.4, -0.2) is 23.0 Å². The van der Waals surface area contributed by atoms with Crippen LogP contribution >= 0.6 is 0 Å². The lowest BCUT2D eigenvalue weighted by molar-refractivity contribution is 0.0594. The molecule has 3 rings (SSSR count). The number of hydrogen-bond acceptors (Lipinski definition) is 4. The Kier molecular flexibility index (Phi) is 3.36. The molecule has 0 saturated carbocycles. The highest BCUT2D eigenvalue weighted by atomic mass is 16.5. The minimum atomic E-state index is -0.433. The van der Waals surface area contributed by atoms with Gasteiger partial charge >= 0.3 is 5.97 Å². The molecule has 1 aromatic carbocycles. The van der Waals surface area contributed by atoms with Crippen molar-refractivity contribution in [2.45, 2.75) is 6.92 Å². The summed E-state index contributed by atoms with van der Waals surface area (Å²) in [5.74, 6) is -0.433. The molecule has 4 nitrogen and oxygen atoms in total. The number of pyridine rings is 2. The molecule has 2 aromatic heterocycles. The molecule has 104 valence electrons. The van der Waals surface area contributed by atoms with Gasteiger partial charge in [0.25, 0.3) is 0 Å². The van der Waals surface area contributed by atoms with Gasteiger partial charge < -0.3 is 4.74 Å². The van der Waals surface area contributed by atoms with E-state index in [9.17, 15) is 4.79 Å². The van der Waals surface area contributed by atoms with E-state index < -0.39 is 5.97 Å². The first-order valence-electron chi connectivity index (χ1n) is 6.60. The van der Waals surface area contributed by atoms with Crippen molar-refractivity contribution in [3.63, 3.8) is 0 Å². The average molecular weight is 278 g/mol. The van der Waals surface area contributed by atoms with Crippen molar-refractivity contribution >= 4 is 16.9 Å². The monoisotopic (exact) mass is 278 g/mol. The SMILES string of the molecule is COC(=O)c1ccc(-c2cc(C)nc3ccccc23)cn1. The van der Waals surface area contributed by atoms with Gasteiger partial charge in [-0.1, -0.05) is 24.3 Å². The molecule has 3 aromatic rings.